The number of amides is 1. The first kappa shape index (κ1) is 23.1. The summed E-state index contributed by atoms with van der Waals surface area (Å²) >= 11 is 1.33. The molecule has 0 spiro atoms. The Kier molecular flexibility index (Phi) is 6.29. The lowest BCUT2D eigenvalue weighted by atomic mass is 10.00. The summed E-state index contributed by atoms with van der Waals surface area (Å²) in [7, 11) is 0. The average Bonchev–Trinajstić information content (AvgIpc) is 3.50. The smallest absolute Gasteiger partial charge is 0.338 e. The number of fused-ring (bicyclic) bond motifs is 1. The van der Waals surface area contributed by atoms with Gasteiger partial charge in [0.1, 0.15) is 11.5 Å². The lowest BCUT2D eigenvalue weighted by molar-refractivity contribution is -0.114. The number of rotatable bonds is 4. The predicted molar refractivity (Wildman–Crippen MR) is 135 cm³/mol. The summed E-state index contributed by atoms with van der Waals surface area (Å²) in [5.74, 6) is 0.682. The van der Waals surface area contributed by atoms with Gasteiger partial charge in [0.2, 0.25) is 5.17 Å². The Morgan fingerprint density at radius 1 is 1.26 bits per heavy atom. The number of carbonyl (C=O) groups is 2. The van der Waals surface area contributed by atoms with Crippen LogP contribution in [-0.4, -0.2) is 57.7 Å². The normalized spacial score (nSPS) is 19.7. The number of carbonyl (C=O) groups excluding carboxylic acids is 2. The van der Waals surface area contributed by atoms with E-state index in [2.05, 4.69) is 21.9 Å². The third-order valence-electron chi connectivity index (χ3n) is 6.07. The number of esters is 1. The van der Waals surface area contributed by atoms with Crippen LogP contribution >= 0.6 is 11.8 Å². The van der Waals surface area contributed by atoms with E-state index in [0.717, 1.165) is 31.1 Å². The zero-order valence-electron chi connectivity index (χ0n) is 19.5. The highest BCUT2D eigenvalue weighted by Crippen LogP contribution is 2.32. The van der Waals surface area contributed by atoms with Crippen LogP contribution in [0.5, 0.6) is 0 Å². The van der Waals surface area contributed by atoms with Crippen molar-refractivity contribution in [2.24, 2.45) is 16.0 Å². The van der Waals surface area contributed by atoms with Crippen molar-refractivity contribution in [3.05, 3.63) is 53.3 Å². The second-order valence-electron chi connectivity index (χ2n) is 8.58. The van der Waals surface area contributed by atoms with Gasteiger partial charge >= 0.3 is 5.97 Å². The number of hydrogen-bond donors (Lipinski definition) is 1. The van der Waals surface area contributed by atoms with E-state index < -0.39 is 11.9 Å². The maximum absolute atomic E-state index is 12.7. The van der Waals surface area contributed by atoms with Crippen LogP contribution in [-0.2, 0) is 9.53 Å². The van der Waals surface area contributed by atoms with Crippen molar-refractivity contribution in [3.8, 4) is 11.3 Å². The summed E-state index contributed by atoms with van der Waals surface area (Å²) in [4.78, 5) is 31.1. The molecule has 0 unspecified atom stereocenters. The first-order chi connectivity index (χ1) is 16.9. The van der Waals surface area contributed by atoms with Crippen LogP contribution in [0.3, 0.4) is 0 Å². The van der Waals surface area contributed by atoms with Gasteiger partial charge in [-0.1, -0.05) is 19.1 Å². The number of hydrazone groups is 1. The summed E-state index contributed by atoms with van der Waals surface area (Å²) in [6.07, 6.45) is 3.69. The van der Waals surface area contributed by atoms with E-state index >= 15 is 0 Å². The van der Waals surface area contributed by atoms with Crippen molar-refractivity contribution in [2.45, 2.75) is 26.7 Å². The molecule has 9 nitrogen and oxygen atoms in total. The van der Waals surface area contributed by atoms with Crippen molar-refractivity contribution >= 4 is 45.9 Å². The van der Waals surface area contributed by atoms with Crippen molar-refractivity contribution in [2.75, 3.05) is 19.7 Å². The molecule has 0 bridgehead atoms. The van der Waals surface area contributed by atoms with Gasteiger partial charge in [0, 0.05) is 18.7 Å². The van der Waals surface area contributed by atoms with E-state index in [1.165, 1.54) is 22.8 Å². The SMILES string of the molecule is CCOC(=O)c1cccc(-c2ccc(/C=C3\C(=N)N4N=C(N5CCC(C)CC5)SC4=NC3=O)o2)c1. The van der Waals surface area contributed by atoms with E-state index in [1.807, 2.05) is 6.07 Å². The second-order valence-corrected chi connectivity index (χ2v) is 9.51. The van der Waals surface area contributed by atoms with Crippen LogP contribution in [0.2, 0.25) is 0 Å². The molecule has 0 atom stereocenters. The molecule has 4 heterocycles. The van der Waals surface area contributed by atoms with Gasteiger partial charge in [-0.3, -0.25) is 10.2 Å². The zero-order valence-corrected chi connectivity index (χ0v) is 20.3. The quantitative estimate of drug-likeness (QED) is 0.497. The van der Waals surface area contributed by atoms with Gasteiger partial charge in [-0.05, 0) is 67.8 Å². The number of furan rings is 1. The zero-order chi connectivity index (χ0) is 24.5. The summed E-state index contributed by atoms with van der Waals surface area (Å²) in [6, 6.07) is 10.4. The number of amidine groups is 3. The number of nitrogens with zero attached hydrogens (tertiary/aromatic N) is 4. The van der Waals surface area contributed by atoms with Crippen LogP contribution in [0.15, 0.2) is 56.5 Å². The van der Waals surface area contributed by atoms with Crippen LogP contribution < -0.4 is 0 Å². The number of ether oxygens (including phenoxy) is 1. The molecule has 1 saturated heterocycles. The number of benzene rings is 1. The van der Waals surface area contributed by atoms with Crippen LogP contribution in [0.25, 0.3) is 17.4 Å². The third kappa shape index (κ3) is 4.66. The van der Waals surface area contributed by atoms with Gasteiger partial charge < -0.3 is 14.1 Å². The van der Waals surface area contributed by atoms with E-state index in [9.17, 15) is 9.59 Å². The van der Waals surface area contributed by atoms with Gasteiger partial charge in [-0.25, -0.2) is 4.79 Å². The highest BCUT2D eigenvalue weighted by molar-refractivity contribution is 8.26. The number of thioether (sulfide) groups is 1. The number of hydrogen-bond acceptors (Lipinski definition) is 8. The van der Waals surface area contributed by atoms with Gasteiger partial charge in [0.25, 0.3) is 5.91 Å². The molecule has 5 rings (SSSR count). The van der Waals surface area contributed by atoms with Crippen LogP contribution in [0.1, 0.15) is 42.8 Å². The van der Waals surface area contributed by atoms with E-state index in [0.29, 0.717) is 40.3 Å². The Morgan fingerprint density at radius 3 is 2.83 bits per heavy atom. The molecule has 1 fully saturated rings. The highest BCUT2D eigenvalue weighted by Gasteiger charge is 2.38. The molecular formula is C25H25N5O4S. The molecule has 10 heteroatoms. The third-order valence-corrected chi connectivity index (χ3v) is 7.04. The Hall–Kier alpha value is -3.66. The van der Waals surface area contributed by atoms with Gasteiger partial charge in [-0.2, -0.15) is 10.0 Å². The molecule has 0 radical (unpaired) electrons. The minimum absolute atomic E-state index is 0.0323. The second kappa shape index (κ2) is 9.53. The van der Waals surface area contributed by atoms with Crippen LogP contribution in [0, 0.1) is 11.3 Å². The molecule has 180 valence electrons. The standard InChI is InChI=1S/C25H25N5O4S/c1-3-33-23(32)17-6-4-5-16(13-17)20-8-7-18(34-20)14-19-21(26)30-24(27-22(19)31)35-25(28-30)29-11-9-15(2)10-12-29/h4-8,13-15,26H,3,9-12H2,1-2H3/b19-14+,26-21?. The fourth-order valence-corrected chi connectivity index (χ4v) is 5.00. The number of likely N-dealkylation sites (tertiary alicyclic amines) is 1. The highest BCUT2D eigenvalue weighted by atomic mass is 32.2. The van der Waals surface area contributed by atoms with Gasteiger partial charge in [0.15, 0.2) is 11.0 Å². The van der Waals surface area contributed by atoms with Gasteiger partial charge in [0.05, 0.1) is 17.7 Å². The molecule has 3 aliphatic rings. The topological polar surface area (TPSA) is 112 Å². The largest absolute Gasteiger partial charge is 0.462 e. The Bertz CT molecular complexity index is 1290. The molecule has 0 saturated carbocycles. The van der Waals surface area contributed by atoms with E-state index in [-0.39, 0.29) is 11.4 Å². The Labute approximate surface area is 207 Å². The Morgan fingerprint density at radius 2 is 2.06 bits per heavy atom. The minimum Gasteiger partial charge on any atom is -0.462 e. The first-order valence-electron chi connectivity index (χ1n) is 11.6. The fourth-order valence-electron chi connectivity index (χ4n) is 4.05. The van der Waals surface area contributed by atoms with E-state index in [1.54, 1.807) is 37.3 Å². The van der Waals surface area contributed by atoms with Crippen molar-refractivity contribution in [1.29, 1.82) is 5.41 Å². The molecule has 35 heavy (non-hydrogen) atoms. The molecule has 3 aliphatic heterocycles. The van der Waals surface area contributed by atoms with Crippen LogP contribution in [0.4, 0.5) is 0 Å². The lowest BCUT2D eigenvalue weighted by Gasteiger charge is -2.30. The first-order valence-corrected chi connectivity index (χ1v) is 12.4. The number of aliphatic imine (C=N–C) groups is 1. The Balaban J connectivity index is 1.36. The van der Waals surface area contributed by atoms with Gasteiger partial charge in [-0.15, -0.1) is 5.10 Å². The van der Waals surface area contributed by atoms with Crippen molar-refractivity contribution in [1.82, 2.24) is 9.91 Å². The maximum atomic E-state index is 12.7. The molecule has 2 aromatic rings. The van der Waals surface area contributed by atoms with Crippen molar-refractivity contribution in [3.63, 3.8) is 0 Å². The predicted octanol–water partition coefficient (Wildman–Crippen LogP) is 4.43. The lowest BCUT2D eigenvalue weighted by Crippen LogP contribution is -2.36. The number of piperidine rings is 1. The summed E-state index contributed by atoms with van der Waals surface area (Å²) in [5, 5.41) is 15.8. The molecule has 1 aromatic heterocycles. The number of nitrogens with one attached hydrogen (secondary N) is 1. The monoisotopic (exact) mass is 491 g/mol. The molecule has 1 aromatic carbocycles. The summed E-state index contributed by atoms with van der Waals surface area (Å²) in [5.41, 5.74) is 1.23. The molecule has 1 amide bonds. The summed E-state index contributed by atoms with van der Waals surface area (Å²) in [6.45, 7) is 6.11. The average molecular weight is 492 g/mol. The molecule has 0 aliphatic carbocycles. The fraction of sp³-hybridized carbons (Fsp3) is 0.320. The minimum atomic E-state index is -0.500. The summed E-state index contributed by atoms with van der Waals surface area (Å²) < 4.78 is 11.0. The molecule has 1 N–H and O–H groups in total. The van der Waals surface area contributed by atoms with E-state index in [4.69, 9.17) is 14.6 Å². The van der Waals surface area contributed by atoms with Crippen molar-refractivity contribution < 1.29 is 18.7 Å². The maximum Gasteiger partial charge on any atom is 0.338 e. The molecular weight excluding hydrogens is 466 g/mol.